The summed E-state index contributed by atoms with van der Waals surface area (Å²) in [5.41, 5.74) is 2.45. The van der Waals surface area contributed by atoms with Crippen molar-refractivity contribution >= 4 is 5.97 Å². The predicted molar refractivity (Wildman–Crippen MR) is 73.3 cm³/mol. The van der Waals surface area contributed by atoms with E-state index >= 15 is 0 Å². The van der Waals surface area contributed by atoms with Gasteiger partial charge >= 0.3 is 5.97 Å². The Labute approximate surface area is 114 Å². The molecule has 104 valence electrons. The van der Waals surface area contributed by atoms with E-state index < -0.39 is 0 Å². The molecule has 0 radical (unpaired) electrons. The molecule has 0 fully saturated rings. The number of carbonyl (C=O) groups is 1. The van der Waals surface area contributed by atoms with Gasteiger partial charge in [-0.2, -0.15) is 0 Å². The average Bonchev–Trinajstić information content (AvgIpc) is 2.90. The monoisotopic (exact) mass is 263 g/mol. The van der Waals surface area contributed by atoms with Crippen molar-refractivity contribution in [3.8, 4) is 5.75 Å². The highest BCUT2D eigenvalue weighted by molar-refractivity contribution is 5.75. The molecule has 2 rings (SSSR count). The topological polar surface area (TPSA) is 47.6 Å². The Morgan fingerprint density at radius 2 is 2.32 bits per heavy atom. The molecule has 0 aliphatic carbocycles. The maximum absolute atomic E-state index is 11.5. The molecule has 4 heteroatoms. The van der Waals surface area contributed by atoms with Crippen LogP contribution < -0.4 is 10.1 Å². The molecule has 1 unspecified atom stereocenters. The molecule has 19 heavy (non-hydrogen) atoms. The lowest BCUT2D eigenvalue weighted by molar-refractivity contribution is -0.142. The number of nitrogens with one attached hydrogen (secondary N) is 1. The number of carbonyl (C=O) groups excluding carboxylic acids is 1. The van der Waals surface area contributed by atoms with Gasteiger partial charge in [-0.15, -0.1) is 0 Å². The minimum absolute atomic E-state index is 0.153. The molecule has 0 spiro atoms. The van der Waals surface area contributed by atoms with Gasteiger partial charge in [-0.05, 0) is 30.5 Å². The number of hydrogen-bond donors (Lipinski definition) is 1. The van der Waals surface area contributed by atoms with Crippen LogP contribution in [0.5, 0.6) is 5.75 Å². The van der Waals surface area contributed by atoms with Crippen molar-refractivity contribution in [1.29, 1.82) is 0 Å². The molecular formula is C15H21NO3. The SMILES string of the molecule is CCC(N[C@@H](C)C(=O)OC)c1ccc2c(c1)CCO2. The highest BCUT2D eigenvalue weighted by atomic mass is 16.5. The fourth-order valence-electron chi connectivity index (χ4n) is 2.42. The molecule has 0 aromatic heterocycles. The number of benzene rings is 1. The normalized spacial score (nSPS) is 16.4. The van der Waals surface area contributed by atoms with E-state index in [1.165, 1.54) is 18.2 Å². The van der Waals surface area contributed by atoms with Gasteiger partial charge in [-0.3, -0.25) is 10.1 Å². The van der Waals surface area contributed by atoms with Crippen LogP contribution in [0.25, 0.3) is 0 Å². The van der Waals surface area contributed by atoms with Crippen molar-refractivity contribution in [1.82, 2.24) is 5.32 Å². The maximum atomic E-state index is 11.5. The highest BCUT2D eigenvalue weighted by Gasteiger charge is 2.20. The molecule has 4 nitrogen and oxygen atoms in total. The fourth-order valence-corrected chi connectivity index (χ4v) is 2.42. The zero-order valence-electron chi connectivity index (χ0n) is 11.7. The van der Waals surface area contributed by atoms with Gasteiger partial charge in [0.25, 0.3) is 0 Å². The van der Waals surface area contributed by atoms with E-state index in [1.807, 2.05) is 13.0 Å². The summed E-state index contributed by atoms with van der Waals surface area (Å²) in [5, 5.41) is 3.31. The minimum atomic E-state index is -0.306. The molecule has 1 heterocycles. The van der Waals surface area contributed by atoms with Gasteiger partial charge in [0.1, 0.15) is 11.8 Å². The third-order valence-electron chi connectivity index (χ3n) is 3.53. The van der Waals surface area contributed by atoms with Crippen LogP contribution in [0.3, 0.4) is 0 Å². The smallest absolute Gasteiger partial charge is 0.322 e. The van der Waals surface area contributed by atoms with Crippen LogP contribution in [0, 0.1) is 0 Å². The van der Waals surface area contributed by atoms with Crippen molar-refractivity contribution in [2.75, 3.05) is 13.7 Å². The van der Waals surface area contributed by atoms with Crippen molar-refractivity contribution < 1.29 is 14.3 Å². The second kappa shape index (κ2) is 6.06. The Bertz CT molecular complexity index is 459. The first kappa shape index (κ1) is 13.9. The van der Waals surface area contributed by atoms with Gasteiger partial charge in [0, 0.05) is 12.5 Å². The van der Waals surface area contributed by atoms with Crippen molar-refractivity contribution in [3.05, 3.63) is 29.3 Å². The number of ether oxygens (including phenoxy) is 2. The molecule has 1 aromatic rings. The standard InChI is InChI=1S/C15H21NO3/c1-4-13(16-10(2)15(17)18-3)11-5-6-14-12(9-11)7-8-19-14/h5-6,9-10,13,16H,4,7-8H2,1-3H3/t10-,13?/m0/s1. The third-order valence-corrected chi connectivity index (χ3v) is 3.53. The lowest BCUT2D eigenvalue weighted by Crippen LogP contribution is -2.37. The second-order valence-electron chi connectivity index (χ2n) is 4.84. The van der Waals surface area contributed by atoms with Crippen LogP contribution in [0.1, 0.15) is 37.4 Å². The van der Waals surface area contributed by atoms with E-state index in [2.05, 4.69) is 24.4 Å². The molecule has 1 aliphatic heterocycles. The lowest BCUT2D eigenvalue weighted by atomic mass is 10.00. The Morgan fingerprint density at radius 3 is 3.00 bits per heavy atom. The summed E-state index contributed by atoms with van der Waals surface area (Å²) in [5.74, 6) is 0.752. The molecule has 2 atom stereocenters. The van der Waals surface area contributed by atoms with Crippen LogP contribution in [0.4, 0.5) is 0 Å². The number of hydrogen-bond acceptors (Lipinski definition) is 4. The molecule has 1 aromatic carbocycles. The average molecular weight is 263 g/mol. The first-order valence-corrected chi connectivity index (χ1v) is 6.75. The van der Waals surface area contributed by atoms with Gasteiger partial charge < -0.3 is 9.47 Å². The summed E-state index contributed by atoms with van der Waals surface area (Å²) in [6.07, 6.45) is 1.88. The summed E-state index contributed by atoms with van der Waals surface area (Å²) in [6, 6.07) is 6.10. The second-order valence-corrected chi connectivity index (χ2v) is 4.84. The van der Waals surface area contributed by atoms with Crippen LogP contribution in [0.2, 0.25) is 0 Å². The van der Waals surface area contributed by atoms with E-state index in [0.29, 0.717) is 0 Å². The summed E-state index contributed by atoms with van der Waals surface area (Å²) < 4.78 is 10.3. The van der Waals surface area contributed by atoms with Gasteiger partial charge in [0.2, 0.25) is 0 Å². The quantitative estimate of drug-likeness (QED) is 0.828. The van der Waals surface area contributed by atoms with E-state index in [-0.39, 0.29) is 18.1 Å². The number of fused-ring (bicyclic) bond motifs is 1. The number of esters is 1. The van der Waals surface area contributed by atoms with Gasteiger partial charge in [0.15, 0.2) is 0 Å². The van der Waals surface area contributed by atoms with E-state index in [1.54, 1.807) is 0 Å². The number of rotatable bonds is 5. The zero-order valence-corrected chi connectivity index (χ0v) is 11.7. The Hall–Kier alpha value is -1.55. The Balaban J connectivity index is 2.11. The summed E-state index contributed by atoms with van der Waals surface area (Å²) in [7, 11) is 1.41. The fraction of sp³-hybridized carbons (Fsp3) is 0.533. The van der Waals surface area contributed by atoms with Crippen LogP contribution >= 0.6 is 0 Å². The van der Waals surface area contributed by atoms with Crippen molar-refractivity contribution in [2.45, 2.75) is 38.8 Å². The molecule has 0 amide bonds. The van der Waals surface area contributed by atoms with E-state index in [0.717, 1.165) is 25.2 Å². The summed E-state index contributed by atoms with van der Waals surface area (Å²) in [6.45, 7) is 4.69. The van der Waals surface area contributed by atoms with Crippen LogP contribution in [-0.2, 0) is 16.0 Å². The minimum Gasteiger partial charge on any atom is -0.493 e. The van der Waals surface area contributed by atoms with Crippen molar-refractivity contribution in [2.24, 2.45) is 0 Å². The molecule has 0 bridgehead atoms. The highest BCUT2D eigenvalue weighted by Crippen LogP contribution is 2.29. The summed E-state index contributed by atoms with van der Waals surface area (Å²) in [4.78, 5) is 11.5. The predicted octanol–water partition coefficient (Wildman–Crippen LogP) is 2.22. The first-order chi connectivity index (χ1) is 9.15. The molecule has 1 aliphatic rings. The first-order valence-electron chi connectivity index (χ1n) is 6.75. The van der Waals surface area contributed by atoms with E-state index in [4.69, 9.17) is 9.47 Å². The summed E-state index contributed by atoms with van der Waals surface area (Å²) >= 11 is 0. The maximum Gasteiger partial charge on any atom is 0.322 e. The number of methoxy groups -OCH3 is 1. The van der Waals surface area contributed by atoms with Crippen LogP contribution in [0.15, 0.2) is 18.2 Å². The van der Waals surface area contributed by atoms with Gasteiger partial charge in [-0.1, -0.05) is 19.1 Å². The molecule has 0 saturated carbocycles. The third kappa shape index (κ3) is 3.07. The lowest BCUT2D eigenvalue weighted by Gasteiger charge is -2.21. The van der Waals surface area contributed by atoms with E-state index in [9.17, 15) is 4.79 Å². The Morgan fingerprint density at radius 1 is 1.53 bits per heavy atom. The Kier molecular flexibility index (Phi) is 4.43. The molecule has 1 N–H and O–H groups in total. The molecular weight excluding hydrogens is 242 g/mol. The molecule has 0 saturated heterocycles. The zero-order chi connectivity index (χ0) is 13.8. The van der Waals surface area contributed by atoms with Crippen molar-refractivity contribution in [3.63, 3.8) is 0 Å². The van der Waals surface area contributed by atoms with Gasteiger partial charge in [-0.25, -0.2) is 0 Å². The van der Waals surface area contributed by atoms with Crippen LogP contribution in [-0.4, -0.2) is 25.7 Å². The van der Waals surface area contributed by atoms with Gasteiger partial charge in [0.05, 0.1) is 13.7 Å². The largest absolute Gasteiger partial charge is 0.493 e.